The number of rotatable bonds is 10. The number of piperidine rings is 1. The summed E-state index contributed by atoms with van der Waals surface area (Å²) in [4.78, 5) is 14.7. The van der Waals surface area contributed by atoms with Crippen molar-refractivity contribution in [3.05, 3.63) is 23.8 Å². The fraction of sp³-hybridized carbons (Fsp3) is 0.650. The van der Waals surface area contributed by atoms with E-state index in [1.807, 2.05) is 24.0 Å². The molecule has 0 saturated carbocycles. The van der Waals surface area contributed by atoms with Gasteiger partial charge in [0.25, 0.3) is 5.91 Å². The maximum atomic E-state index is 12.8. The number of hydrogen-bond acceptors (Lipinski definition) is 5. The minimum atomic E-state index is 0. The number of nitrogens with zero attached hydrogens (tertiary/aromatic N) is 1. The monoisotopic (exact) mass is 400 g/mol. The van der Waals surface area contributed by atoms with Crippen molar-refractivity contribution in [3.63, 3.8) is 0 Å². The lowest BCUT2D eigenvalue weighted by Gasteiger charge is -2.32. The molecule has 0 aromatic heterocycles. The molecule has 1 aliphatic heterocycles. The highest BCUT2D eigenvalue weighted by Gasteiger charge is 2.24. The van der Waals surface area contributed by atoms with Gasteiger partial charge in [0.15, 0.2) is 11.5 Å². The van der Waals surface area contributed by atoms with Crippen molar-refractivity contribution >= 4 is 18.3 Å². The summed E-state index contributed by atoms with van der Waals surface area (Å²) in [6.07, 6.45) is 3.77. The third-order valence-electron chi connectivity index (χ3n) is 4.38. The highest BCUT2D eigenvalue weighted by molar-refractivity contribution is 5.95. The summed E-state index contributed by atoms with van der Waals surface area (Å²) >= 11 is 0. The first kappa shape index (κ1) is 23.5. The van der Waals surface area contributed by atoms with Gasteiger partial charge in [0.1, 0.15) is 0 Å². The van der Waals surface area contributed by atoms with E-state index in [1.165, 1.54) is 0 Å². The van der Waals surface area contributed by atoms with Crippen molar-refractivity contribution in [2.45, 2.75) is 45.6 Å². The lowest BCUT2D eigenvalue weighted by Crippen LogP contribution is -2.41. The summed E-state index contributed by atoms with van der Waals surface area (Å²) in [7, 11) is 0. The molecule has 7 heteroatoms. The molecule has 1 amide bonds. The molecule has 2 rings (SSSR count). The van der Waals surface area contributed by atoms with Gasteiger partial charge >= 0.3 is 0 Å². The molecule has 1 saturated heterocycles. The number of benzene rings is 1. The first-order chi connectivity index (χ1) is 12.7. The molecule has 154 valence electrons. The van der Waals surface area contributed by atoms with E-state index in [0.717, 1.165) is 25.7 Å². The normalized spacial score (nSPS) is 14.6. The number of ether oxygens (including phenoxy) is 3. The van der Waals surface area contributed by atoms with Crippen LogP contribution in [0, 0.1) is 0 Å². The van der Waals surface area contributed by atoms with Crippen LogP contribution in [-0.4, -0.2) is 56.4 Å². The zero-order valence-corrected chi connectivity index (χ0v) is 17.3. The highest BCUT2D eigenvalue weighted by Crippen LogP contribution is 2.29. The summed E-state index contributed by atoms with van der Waals surface area (Å²) in [5, 5.41) is 0. The largest absolute Gasteiger partial charge is 0.490 e. The molecule has 1 aliphatic rings. The minimum absolute atomic E-state index is 0. The molecular weight excluding hydrogens is 368 g/mol. The Morgan fingerprint density at radius 3 is 2.52 bits per heavy atom. The van der Waals surface area contributed by atoms with Crippen molar-refractivity contribution in [2.24, 2.45) is 5.73 Å². The lowest BCUT2D eigenvalue weighted by atomic mass is 10.1. The molecule has 0 unspecified atom stereocenters. The Morgan fingerprint density at radius 2 is 1.89 bits per heavy atom. The Balaban J connectivity index is 0.00000364. The van der Waals surface area contributed by atoms with Gasteiger partial charge in [-0.2, -0.15) is 0 Å². The number of carbonyl (C=O) groups excluding carboxylic acids is 1. The van der Waals surface area contributed by atoms with E-state index in [4.69, 9.17) is 19.9 Å². The van der Waals surface area contributed by atoms with Gasteiger partial charge in [-0.1, -0.05) is 6.92 Å². The summed E-state index contributed by atoms with van der Waals surface area (Å²) in [5.74, 6) is 1.36. The van der Waals surface area contributed by atoms with Crippen molar-refractivity contribution in [2.75, 3.05) is 39.5 Å². The number of hydrogen-bond donors (Lipinski definition) is 1. The second-order valence-electron chi connectivity index (χ2n) is 6.45. The summed E-state index contributed by atoms with van der Waals surface area (Å²) in [6, 6.07) is 5.44. The van der Waals surface area contributed by atoms with Gasteiger partial charge in [0.05, 0.1) is 19.3 Å². The minimum Gasteiger partial charge on any atom is -0.490 e. The molecule has 27 heavy (non-hydrogen) atoms. The van der Waals surface area contributed by atoms with Crippen LogP contribution in [0.25, 0.3) is 0 Å². The van der Waals surface area contributed by atoms with E-state index in [1.54, 1.807) is 6.07 Å². The SMILES string of the molecule is CCCOc1ccc(C(=O)N2CCC(OCCCN)CC2)cc1OCC.Cl. The van der Waals surface area contributed by atoms with E-state index in [-0.39, 0.29) is 24.4 Å². The fourth-order valence-electron chi connectivity index (χ4n) is 2.98. The topological polar surface area (TPSA) is 74.0 Å². The molecule has 1 aromatic rings. The quantitative estimate of drug-likeness (QED) is 0.610. The molecule has 6 nitrogen and oxygen atoms in total. The molecule has 0 atom stereocenters. The van der Waals surface area contributed by atoms with Gasteiger partial charge in [-0.15, -0.1) is 12.4 Å². The summed E-state index contributed by atoms with van der Waals surface area (Å²) in [6.45, 7) is 7.92. The van der Waals surface area contributed by atoms with E-state index in [0.29, 0.717) is 56.5 Å². The molecule has 0 aliphatic carbocycles. The van der Waals surface area contributed by atoms with Crippen LogP contribution in [-0.2, 0) is 4.74 Å². The molecule has 0 spiro atoms. The third kappa shape index (κ3) is 7.20. The molecular formula is C20H33ClN2O4. The van der Waals surface area contributed by atoms with E-state index in [2.05, 4.69) is 6.92 Å². The predicted molar refractivity (Wildman–Crippen MR) is 109 cm³/mol. The van der Waals surface area contributed by atoms with E-state index < -0.39 is 0 Å². The second kappa shape index (κ2) is 12.8. The molecule has 2 N–H and O–H groups in total. The first-order valence-corrected chi connectivity index (χ1v) is 9.70. The maximum absolute atomic E-state index is 12.8. The Kier molecular flexibility index (Phi) is 11.2. The molecule has 0 bridgehead atoms. The smallest absolute Gasteiger partial charge is 0.253 e. The van der Waals surface area contributed by atoms with Crippen LogP contribution in [0.2, 0.25) is 0 Å². The number of likely N-dealkylation sites (tertiary alicyclic amines) is 1. The van der Waals surface area contributed by atoms with Crippen LogP contribution in [0.4, 0.5) is 0 Å². The first-order valence-electron chi connectivity index (χ1n) is 9.70. The molecule has 1 aromatic carbocycles. The standard InChI is InChI=1S/C20H32N2O4.ClH/c1-3-13-26-18-7-6-16(15-19(18)24-4-2)20(23)22-11-8-17(9-12-22)25-14-5-10-21;/h6-7,15,17H,3-5,8-14,21H2,1-2H3;1H. The van der Waals surface area contributed by atoms with Gasteiger partial charge in [-0.25, -0.2) is 0 Å². The highest BCUT2D eigenvalue weighted by atomic mass is 35.5. The summed E-state index contributed by atoms with van der Waals surface area (Å²) in [5.41, 5.74) is 6.13. The van der Waals surface area contributed by atoms with Crippen LogP contribution >= 0.6 is 12.4 Å². The maximum Gasteiger partial charge on any atom is 0.253 e. The molecule has 1 heterocycles. The van der Waals surface area contributed by atoms with Gasteiger partial charge in [0.2, 0.25) is 0 Å². The zero-order chi connectivity index (χ0) is 18.8. The average Bonchev–Trinajstić information content (AvgIpc) is 2.67. The predicted octanol–water partition coefficient (Wildman–Crippen LogP) is 3.27. The van der Waals surface area contributed by atoms with Crippen LogP contribution in [0.3, 0.4) is 0 Å². The Bertz CT molecular complexity index is 563. The van der Waals surface area contributed by atoms with E-state index >= 15 is 0 Å². The van der Waals surface area contributed by atoms with Gasteiger partial charge in [-0.3, -0.25) is 4.79 Å². The van der Waals surface area contributed by atoms with Gasteiger partial charge in [0, 0.05) is 25.3 Å². The third-order valence-corrected chi connectivity index (χ3v) is 4.38. The zero-order valence-electron chi connectivity index (χ0n) is 16.4. The lowest BCUT2D eigenvalue weighted by molar-refractivity contribution is 0.00843. The van der Waals surface area contributed by atoms with Crippen LogP contribution in [0.5, 0.6) is 11.5 Å². The van der Waals surface area contributed by atoms with Gasteiger partial charge < -0.3 is 24.8 Å². The van der Waals surface area contributed by atoms with Crippen LogP contribution in [0.15, 0.2) is 18.2 Å². The number of amides is 1. The average molecular weight is 401 g/mol. The molecule has 1 fully saturated rings. The van der Waals surface area contributed by atoms with Crippen molar-refractivity contribution in [3.8, 4) is 11.5 Å². The Labute approximate surface area is 168 Å². The van der Waals surface area contributed by atoms with Crippen LogP contribution in [0.1, 0.15) is 49.9 Å². The Hall–Kier alpha value is -1.50. The molecule has 0 radical (unpaired) electrons. The summed E-state index contributed by atoms with van der Waals surface area (Å²) < 4.78 is 17.2. The van der Waals surface area contributed by atoms with Crippen molar-refractivity contribution in [1.82, 2.24) is 4.90 Å². The van der Waals surface area contributed by atoms with Crippen LogP contribution < -0.4 is 15.2 Å². The second-order valence-corrected chi connectivity index (χ2v) is 6.45. The number of halogens is 1. The Morgan fingerprint density at radius 1 is 1.15 bits per heavy atom. The van der Waals surface area contributed by atoms with Gasteiger partial charge in [-0.05, 0) is 57.4 Å². The fourth-order valence-corrected chi connectivity index (χ4v) is 2.98. The van der Waals surface area contributed by atoms with E-state index in [9.17, 15) is 4.79 Å². The van der Waals surface area contributed by atoms with Crippen molar-refractivity contribution in [1.29, 1.82) is 0 Å². The number of nitrogens with two attached hydrogens (primary N) is 1. The number of carbonyl (C=O) groups is 1. The van der Waals surface area contributed by atoms with Crippen molar-refractivity contribution < 1.29 is 19.0 Å².